The van der Waals surface area contributed by atoms with Crippen molar-refractivity contribution in [2.24, 2.45) is 0 Å². The lowest BCUT2D eigenvalue weighted by atomic mass is 10.2. The standard InChI is InChI=1S/C22H28ClN3O2S.2ClH/c1-28-21-5-2-4-20(16-21)24-22(27)29-15-3-10-25-11-13-26(14-12-25)17-18-6-8-19(23)9-7-18;;/h2,4-9,16H,3,10-15,17H2,1H3,(H,24,27);2*1H. The Morgan fingerprint density at radius 2 is 1.74 bits per heavy atom. The quantitative estimate of drug-likeness (QED) is 0.468. The normalized spacial score (nSPS) is 14.3. The molecule has 0 radical (unpaired) electrons. The zero-order valence-corrected chi connectivity index (χ0v) is 20.8. The number of amides is 1. The molecule has 9 heteroatoms. The van der Waals surface area contributed by atoms with Crippen LogP contribution < -0.4 is 10.1 Å². The van der Waals surface area contributed by atoms with Crippen molar-refractivity contribution in [3.05, 3.63) is 59.1 Å². The van der Waals surface area contributed by atoms with Gasteiger partial charge in [-0.15, -0.1) is 24.8 Å². The summed E-state index contributed by atoms with van der Waals surface area (Å²) >= 11 is 7.29. The van der Waals surface area contributed by atoms with Crippen LogP contribution in [-0.2, 0) is 6.54 Å². The Balaban J connectivity index is 0.00000240. The van der Waals surface area contributed by atoms with Crippen molar-refractivity contribution < 1.29 is 9.53 Å². The Morgan fingerprint density at radius 1 is 1.06 bits per heavy atom. The molecular formula is C22H30Cl3N3O2S. The summed E-state index contributed by atoms with van der Waals surface area (Å²) < 4.78 is 5.18. The van der Waals surface area contributed by atoms with Crippen molar-refractivity contribution in [3.8, 4) is 5.75 Å². The molecule has 0 unspecified atom stereocenters. The van der Waals surface area contributed by atoms with Crippen molar-refractivity contribution in [2.45, 2.75) is 13.0 Å². The van der Waals surface area contributed by atoms with Gasteiger partial charge in [0, 0.05) is 55.3 Å². The molecule has 0 atom stereocenters. The Kier molecular flexibility index (Phi) is 13.3. The Labute approximate surface area is 206 Å². The number of carbonyl (C=O) groups is 1. The first kappa shape index (κ1) is 27.9. The number of piperazine rings is 1. The number of methoxy groups -OCH3 is 1. The Bertz CT molecular complexity index is 788. The number of hydrogen-bond donors (Lipinski definition) is 1. The molecule has 3 rings (SSSR count). The van der Waals surface area contributed by atoms with Crippen molar-refractivity contribution in [2.75, 3.05) is 50.9 Å². The fourth-order valence-electron chi connectivity index (χ4n) is 3.33. The van der Waals surface area contributed by atoms with Crippen LogP contribution in [0.3, 0.4) is 0 Å². The minimum atomic E-state index is -0.0222. The zero-order chi connectivity index (χ0) is 20.5. The van der Waals surface area contributed by atoms with Crippen molar-refractivity contribution in [1.82, 2.24) is 9.80 Å². The van der Waals surface area contributed by atoms with Crippen LogP contribution in [0.4, 0.5) is 10.5 Å². The molecule has 1 amide bonds. The summed E-state index contributed by atoms with van der Waals surface area (Å²) in [5.41, 5.74) is 2.07. The molecule has 0 aliphatic carbocycles. The first-order chi connectivity index (χ1) is 14.1. The van der Waals surface area contributed by atoms with Gasteiger partial charge in [0.2, 0.25) is 0 Å². The number of halogens is 3. The molecule has 1 fully saturated rings. The molecule has 0 spiro atoms. The van der Waals surface area contributed by atoms with Gasteiger partial charge in [0.05, 0.1) is 7.11 Å². The number of nitrogens with one attached hydrogen (secondary N) is 1. The summed E-state index contributed by atoms with van der Waals surface area (Å²) in [5.74, 6) is 1.56. The first-order valence-corrected chi connectivity index (χ1v) is 11.3. The van der Waals surface area contributed by atoms with Crippen LogP contribution in [0.5, 0.6) is 5.75 Å². The van der Waals surface area contributed by atoms with E-state index in [9.17, 15) is 4.79 Å². The van der Waals surface area contributed by atoms with E-state index in [2.05, 4.69) is 27.2 Å². The number of hydrogen-bond acceptors (Lipinski definition) is 5. The van der Waals surface area contributed by atoms with Crippen molar-refractivity contribution >= 4 is 59.1 Å². The maximum absolute atomic E-state index is 12.1. The second-order valence-electron chi connectivity index (χ2n) is 7.09. The number of ether oxygens (including phenoxy) is 1. The molecule has 1 aliphatic rings. The molecule has 0 aromatic heterocycles. The van der Waals surface area contributed by atoms with Crippen LogP contribution in [0.2, 0.25) is 5.02 Å². The maximum atomic E-state index is 12.1. The van der Waals surface area contributed by atoms with E-state index in [1.807, 2.05) is 36.4 Å². The highest BCUT2D eigenvalue weighted by molar-refractivity contribution is 8.13. The molecule has 172 valence electrons. The molecule has 2 aromatic rings. The van der Waals surface area contributed by atoms with Gasteiger partial charge in [0.25, 0.3) is 5.24 Å². The highest BCUT2D eigenvalue weighted by Crippen LogP contribution is 2.19. The Morgan fingerprint density at radius 3 is 2.42 bits per heavy atom. The molecular weight excluding hydrogens is 477 g/mol. The molecule has 1 saturated heterocycles. The third-order valence-corrected chi connectivity index (χ3v) is 6.06. The first-order valence-electron chi connectivity index (χ1n) is 9.89. The summed E-state index contributed by atoms with van der Waals surface area (Å²) in [5, 5.41) is 3.67. The van der Waals surface area contributed by atoms with Crippen molar-refractivity contribution in [3.63, 3.8) is 0 Å². The maximum Gasteiger partial charge on any atom is 0.283 e. The van der Waals surface area contributed by atoms with Crippen LogP contribution in [0.15, 0.2) is 48.5 Å². The second-order valence-corrected chi connectivity index (χ2v) is 8.59. The van der Waals surface area contributed by atoms with Gasteiger partial charge in [-0.1, -0.05) is 41.6 Å². The van der Waals surface area contributed by atoms with Crippen LogP contribution in [0.25, 0.3) is 0 Å². The van der Waals surface area contributed by atoms with E-state index in [1.165, 1.54) is 17.3 Å². The van der Waals surface area contributed by atoms with Crippen LogP contribution in [0, 0.1) is 0 Å². The van der Waals surface area contributed by atoms with E-state index < -0.39 is 0 Å². The van der Waals surface area contributed by atoms with Gasteiger partial charge in [0.15, 0.2) is 0 Å². The topological polar surface area (TPSA) is 44.8 Å². The third-order valence-electron chi connectivity index (χ3n) is 4.95. The summed E-state index contributed by atoms with van der Waals surface area (Å²) in [6.45, 7) is 6.32. The zero-order valence-electron chi connectivity index (χ0n) is 17.6. The minimum Gasteiger partial charge on any atom is -0.497 e. The fourth-order valence-corrected chi connectivity index (χ4v) is 4.10. The van der Waals surface area contributed by atoms with Crippen LogP contribution >= 0.6 is 48.2 Å². The van der Waals surface area contributed by atoms with E-state index in [-0.39, 0.29) is 30.1 Å². The summed E-state index contributed by atoms with van der Waals surface area (Å²) in [6.07, 6.45) is 1.01. The average molecular weight is 507 g/mol. The monoisotopic (exact) mass is 505 g/mol. The number of thioether (sulfide) groups is 1. The van der Waals surface area contributed by atoms with Gasteiger partial charge in [-0.05, 0) is 42.8 Å². The van der Waals surface area contributed by atoms with Crippen molar-refractivity contribution in [1.29, 1.82) is 0 Å². The molecule has 1 aliphatic heterocycles. The van der Waals surface area contributed by atoms with Crippen LogP contribution in [-0.4, -0.2) is 60.6 Å². The summed E-state index contributed by atoms with van der Waals surface area (Å²) in [4.78, 5) is 17.1. The minimum absolute atomic E-state index is 0. The van der Waals surface area contributed by atoms with Gasteiger partial charge in [-0.25, -0.2) is 0 Å². The van der Waals surface area contributed by atoms with Crippen LogP contribution in [0.1, 0.15) is 12.0 Å². The summed E-state index contributed by atoms with van der Waals surface area (Å²) in [6, 6.07) is 15.5. The number of anilines is 1. The summed E-state index contributed by atoms with van der Waals surface area (Å²) in [7, 11) is 1.62. The highest BCUT2D eigenvalue weighted by atomic mass is 35.5. The van der Waals surface area contributed by atoms with Gasteiger partial charge in [0.1, 0.15) is 5.75 Å². The molecule has 5 nitrogen and oxygen atoms in total. The van der Waals surface area contributed by atoms with E-state index >= 15 is 0 Å². The third kappa shape index (κ3) is 9.89. The number of rotatable bonds is 8. The van der Waals surface area contributed by atoms with Gasteiger partial charge in [-0.2, -0.15) is 0 Å². The number of carbonyl (C=O) groups excluding carboxylic acids is 1. The SMILES string of the molecule is COc1cccc(NC(=O)SCCCN2CCN(Cc3ccc(Cl)cc3)CC2)c1.Cl.Cl. The van der Waals surface area contributed by atoms with Gasteiger partial charge in [-0.3, -0.25) is 9.69 Å². The Hall–Kier alpha value is -1.15. The fraction of sp³-hybridized carbons (Fsp3) is 0.409. The van der Waals surface area contributed by atoms with E-state index in [0.29, 0.717) is 0 Å². The largest absolute Gasteiger partial charge is 0.497 e. The molecule has 2 aromatic carbocycles. The lowest BCUT2D eigenvalue weighted by Crippen LogP contribution is -2.46. The molecule has 0 bridgehead atoms. The molecule has 1 N–H and O–H groups in total. The number of nitrogens with zero attached hydrogens (tertiary/aromatic N) is 2. The molecule has 31 heavy (non-hydrogen) atoms. The van der Waals surface area contributed by atoms with E-state index in [4.69, 9.17) is 16.3 Å². The predicted molar refractivity (Wildman–Crippen MR) is 137 cm³/mol. The van der Waals surface area contributed by atoms with Gasteiger partial charge >= 0.3 is 0 Å². The molecule has 0 saturated carbocycles. The smallest absolute Gasteiger partial charge is 0.283 e. The average Bonchev–Trinajstić information content (AvgIpc) is 2.74. The predicted octanol–water partition coefficient (Wildman–Crippen LogP) is 5.67. The van der Waals surface area contributed by atoms with E-state index in [0.717, 1.165) is 67.9 Å². The lowest BCUT2D eigenvalue weighted by Gasteiger charge is -2.34. The highest BCUT2D eigenvalue weighted by Gasteiger charge is 2.16. The van der Waals surface area contributed by atoms with E-state index in [1.54, 1.807) is 7.11 Å². The lowest BCUT2D eigenvalue weighted by molar-refractivity contribution is 0.127. The van der Waals surface area contributed by atoms with Gasteiger partial charge < -0.3 is 15.0 Å². The second kappa shape index (κ2) is 14.8. The number of benzene rings is 2. The molecule has 1 heterocycles.